The molecule has 5 heterocycles. The number of pyridine rings is 2. The molecule has 13 heteroatoms. The molecular weight excluding hydrogens is 508 g/mol. The van der Waals surface area contributed by atoms with E-state index in [9.17, 15) is 0 Å². The molecule has 1 fully saturated rings. The average molecular weight is 520 g/mol. The lowest BCUT2D eigenvalue weighted by Crippen LogP contribution is -2.37. The fraction of sp³-hybridized carbons (Fsp3) is 0.222. The lowest BCUT2D eigenvalue weighted by molar-refractivity contribution is 0.122. The zero-order chi connectivity index (χ0) is 22.0. The minimum atomic E-state index is 0.0848. The van der Waals surface area contributed by atoms with E-state index in [-0.39, 0.29) is 15.7 Å². The molecule has 0 N–H and O–H groups in total. The summed E-state index contributed by atoms with van der Waals surface area (Å²) < 4.78 is 5.32. The van der Waals surface area contributed by atoms with Gasteiger partial charge in [-0.05, 0) is 35.3 Å². The van der Waals surface area contributed by atoms with Crippen molar-refractivity contribution in [2.24, 2.45) is 0 Å². The summed E-state index contributed by atoms with van der Waals surface area (Å²) in [5, 5.41) is 1.53. The van der Waals surface area contributed by atoms with Crippen molar-refractivity contribution in [1.29, 1.82) is 0 Å². The zero-order valence-electron chi connectivity index (χ0n) is 15.6. The maximum Gasteiger partial charge on any atom is 0.225 e. The highest BCUT2D eigenvalue weighted by Crippen LogP contribution is 2.26. The number of hydrogen-bond donors (Lipinski definition) is 0. The van der Waals surface area contributed by atoms with Crippen molar-refractivity contribution in [3.05, 3.63) is 50.3 Å². The van der Waals surface area contributed by atoms with Crippen molar-refractivity contribution < 1.29 is 4.74 Å². The van der Waals surface area contributed by atoms with E-state index in [1.54, 1.807) is 18.3 Å². The predicted octanol–water partition coefficient (Wildman–Crippen LogP) is 5.15. The number of ether oxygens (including phenoxy) is 1. The van der Waals surface area contributed by atoms with Crippen LogP contribution in [-0.4, -0.2) is 56.2 Å². The molecule has 1 aliphatic rings. The quantitative estimate of drug-likeness (QED) is 0.252. The second-order valence-corrected chi connectivity index (χ2v) is 8.15. The molecule has 8 nitrogen and oxygen atoms in total. The Bertz CT molecular complexity index is 1240. The Morgan fingerprint density at radius 1 is 0.710 bits per heavy atom. The molecule has 0 amide bonds. The van der Waals surface area contributed by atoms with Crippen LogP contribution in [0.4, 0.5) is 5.82 Å². The van der Waals surface area contributed by atoms with Gasteiger partial charge in [0.1, 0.15) is 11.0 Å². The summed E-state index contributed by atoms with van der Waals surface area (Å²) in [7, 11) is 0. The van der Waals surface area contributed by atoms with Crippen molar-refractivity contribution >= 4 is 85.9 Å². The highest BCUT2D eigenvalue weighted by atomic mass is 35.5. The third-order valence-corrected chi connectivity index (χ3v) is 5.22. The number of halogens is 5. The first kappa shape index (κ1) is 22.4. The van der Waals surface area contributed by atoms with Crippen LogP contribution in [0.1, 0.15) is 0 Å². The molecule has 4 aromatic heterocycles. The Morgan fingerprint density at radius 2 is 1.26 bits per heavy atom. The highest BCUT2D eigenvalue weighted by Gasteiger charge is 2.18. The van der Waals surface area contributed by atoms with E-state index in [2.05, 4.69) is 34.8 Å². The topological polar surface area (TPSA) is 89.8 Å². The molecule has 0 spiro atoms. The number of anilines is 1. The van der Waals surface area contributed by atoms with Gasteiger partial charge in [0.05, 0.1) is 34.3 Å². The van der Waals surface area contributed by atoms with Crippen LogP contribution in [0.5, 0.6) is 0 Å². The summed E-state index contributed by atoms with van der Waals surface area (Å²) >= 11 is 28.9. The molecule has 0 bridgehead atoms. The van der Waals surface area contributed by atoms with Gasteiger partial charge in [-0.1, -0.05) is 34.8 Å². The summed E-state index contributed by atoms with van der Waals surface area (Å²) in [6, 6.07) is 3.37. The minimum Gasteiger partial charge on any atom is -0.378 e. The molecule has 0 radical (unpaired) electrons. The molecule has 31 heavy (non-hydrogen) atoms. The summed E-state index contributed by atoms with van der Waals surface area (Å²) in [6.07, 6.45) is 3.07. The molecule has 0 atom stereocenters. The minimum absolute atomic E-state index is 0.0848. The van der Waals surface area contributed by atoms with Gasteiger partial charge in [-0.25, -0.2) is 24.9 Å². The maximum absolute atomic E-state index is 5.94. The van der Waals surface area contributed by atoms with Gasteiger partial charge >= 0.3 is 0 Å². The van der Waals surface area contributed by atoms with Gasteiger partial charge in [-0.2, -0.15) is 4.98 Å². The SMILES string of the molecule is Clc1cnc2c(Cl)nc(Cl)nc2c1.Clc1cnc2c(N3CCOCC3)nc(Cl)nc2c1. The fourth-order valence-electron chi connectivity index (χ4n) is 2.88. The monoisotopic (exact) mass is 517 g/mol. The van der Waals surface area contributed by atoms with E-state index in [1.807, 2.05) is 0 Å². The Morgan fingerprint density at radius 3 is 1.90 bits per heavy atom. The molecule has 0 saturated carbocycles. The number of fused-ring (bicyclic) bond motifs is 2. The molecule has 0 aliphatic carbocycles. The maximum atomic E-state index is 5.94. The van der Waals surface area contributed by atoms with Crippen molar-refractivity contribution in [3.8, 4) is 0 Å². The Kier molecular flexibility index (Phi) is 7.05. The van der Waals surface area contributed by atoms with Crippen LogP contribution in [0.2, 0.25) is 25.8 Å². The van der Waals surface area contributed by atoms with Crippen molar-refractivity contribution in [3.63, 3.8) is 0 Å². The first-order valence-electron chi connectivity index (χ1n) is 8.86. The zero-order valence-corrected chi connectivity index (χ0v) is 19.3. The number of rotatable bonds is 1. The van der Waals surface area contributed by atoms with E-state index in [0.29, 0.717) is 45.3 Å². The number of aromatic nitrogens is 6. The van der Waals surface area contributed by atoms with Gasteiger partial charge in [-0.3, -0.25) is 0 Å². The second-order valence-electron chi connectivity index (χ2n) is 6.24. The average Bonchev–Trinajstić information content (AvgIpc) is 2.73. The highest BCUT2D eigenvalue weighted by molar-refractivity contribution is 6.36. The number of hydrogen-bond acceptors (Lipinski definition) is 8. The summed E-state index contributed by atoms with van der Waals surface area (Å²) in [5.41, 5.74) is 2.41. The normalized spacial score (nSPS) is 13.9. The van der Waals surface area contributed by atoms with Crippen LogP contribution in [0.15, 0.2) is 24.5 Å². The van der Waals surface area contributed by atoms with Crippen LogP contribution in [0.25, 0.3) is 22.1 Å². The Balaban J connectivity index is 0.000000158. The van der Waals surface area contributed by atoms with Gasteiger partial charge in [-0.15, -0.1) is 0 Å². The Hall–Kier alpha value is -1.81. The lowest BCUT2D eigenvalue weighted by atomic mass is 10.3. The fourth-order valence-corrected chi connectivity index (χ4v) is 3.80. The van der Waals surface area contributed by atoms with Crippen LogP contribution in [0, 0.1) is 0 Å². The smallest absolute Gasteiger partial charge is 0.225 e. The number of nitrogens with zero attached hydrogens (tertiary/aromatic N) is 7. The lowest BCUT2D eigenvalue weighted by Gasteiger charge is -2.28. The first-order valence-corrected chi connectivity index (χ1v) is 10.8. The third-order valence-electron chi connectivity index (χ3n) is 4.20. The summed E-state index contributed by atoms with van der Waals surface area (Å²) in [4.78, 5) is 26.5. The molecule has 0 unspecified atom stereocenters. The van der Waals surface area contributed by atoms with Crippen LogP contribution < -0.4 is 4.90 Å². The molecule has 1 saturated heterocycles. The largest absolute Gasteiger partial charge is 0.378 e. The van der Waals surface area contributed by atoms with Gasteiger partial charge in [0, 0.05) is 25.5 Å². The van der Waals surface area contributed by atoms with Gasteiger partial charge < -0.3 is 9.64 Å². The molecular formula is C18H12Cl5N7O. The van der Waals surface area contributed by atoms with Crippen molar-refractivity contribution in [2.45, 2.75) is 0 Å². The van der Waals surface area contributed by atoms with Gasteiger partial charge in [0.25, 0.3) is 0 Å². The molecule has 5 rings (SSSR count). The number of morpholine rings is 1. The predicted molar refractivity (Wildman–Crippen MR) is 123 cm³/mol. The molecule has 1 aliphatic heterocycles. The van der Waals surface area contributed by atoms with E-state index < -0.39 is 0 Å². The van der Waals surface area contributed by atoms with Crippen molar-refractivity contribution in [1.82, 2.24) is 29.9 Å². The van der Waals surface area contributed by atoms with E-state index in [0.717, 1.165) is 18.9 Å². The summed E-state index contributed by atoms with van der Waals surface area (Å²) in [5.74, 6) is 0.741. The van der Waals surface area contributed by atoms with Gasteiger partial charge in [0.15, 0.2) is 11.0 Å². The molecule has 160 valence electrons. The Labute approximate surface area is 201 Å². The van der Waals surface area contributed by atoms with Crippen LogP contribution in [-0.2, 0) is 4.74 Å². The van der Waals surface area contributed by atoms with Crippen LogP contribution in [0.3, 0.4) is 0 Å². The standard InChI is InChI=1S/C11H10Cl2N4O.C7H2Cl3N3/c12-7-5-8-9(14-6-7)10(16-11(13)15-8)17-1-3-18-4-2-17;8-3-1-4-5(11-2-3)6(9)13-7(10)12-4/h5-6H,1-4H2;1-2H. The third kappa shape index (κ3) is 5.34. The van der Waals surface area contributed by atoms with Crippen LogP contribution >= 0.6 is 58.0 Å². The van der Waals surface area contributed by atoms with E-state index >= 15 is 0 Å². The van der Waals surface area contributed by atoms with Crippen molar-refractivity contribution in [2.75, 3.05) is 31.2 Å². The summed E-state index contributed by atoms with van der Waals surface area (Å²) in [6.45, 7) is 2.90. The van der Waals surface area contributed by atoms with E-state index in [1.165, 1.54) is 6.20 Å². The molecule has 4 aromatic rings. The van der Waals surface area contributed by atoms with E-state index in [4.69, 9.17) is 62.7 Å². The molecule has 0 aromatic carbocycles. The second kappa shape index (κ2) is 9.77. The first-order chi connectivity index (χ1) is 14.9. The van der Waals surface area contributed by atoms with Gasteiger partial charge in [0.2, 0.25) is 10.6 Å².